The van der Waals surface area contributed by atoms with Crippen molar-refractivity contribution >= 4 is 34.8 Å². The first-order valence-corrected chi connectivity index (χ1v) is 4.93. The van der Waals surface area contributed by atoms with Crippen LogP contribution in [0.1, 0.15) is 6.42 Å². The van der Waals surface area contributed by atoms with Crippen molar-refractivity contribution < 1.29 is 9.18 Å². The van der Waals surface area contributed by atoms with Crippen molar-refractivity contribution in [3.63, 3.8) is 0 Å². The Balaban J connectivity index is 2.72. The lowest BCUT2D eigenvalue weighted by Gasteiger charge is -2.09. The van der Waals surface area contributed by atoms with Gasteiger partial charge in [-0.15, -0.1) is 0 Å². The fraction of sp³-hybridized carbons (Fsp3) is 0.222. The summed E-state index contributed by atoms with van der Waals surface area (Å²) in [5, 5.41) is 3.15. The zero-order chi connectivity index (χ0) is 11.4. The van der Waals surface area contributed by atoms with Crippen LogP contribution in [0.2, 0.25) is 10.0 Å². The fourth-order valence-electron chi connectivity index (χ4n) is 1.02. The molecule has 0 unspecified atom stereocenters. The highest BCUT2D eigenvalue weighted by atomic mass is 35.5. The highest BCUT2D eigenvalue weighted by molar-refractivity contribution is 6.39. The van der Waals surface area contributed by atoms with E-state index in [1.165, 1.54) is 0 Å². The van der Waals surface area contributed by atoms with Gasteiger partial charge in [0.15, 0.2) is 0 Å². The summed E-state index contributed by atoms with van der Waals surface area (Å²) in [6, 6.07) is 2.28. The molecule has 0 aromatic heterocycles. The van der Waals surface area contributed by atoms with E-state index < -0.39 is 11.7 Å². The Morgan fingerprint density at radius 1 is 1.40 bits per heavy atom. The van der Waals surface area contributed by atoms with Gasteiger partial charge in [-0.25, -0.2) is 4.39 Å². The van der Waals surface area contributed by atoms with Gasteiger partial charge in [0.1, 0.15) is 5.82 Å². The van der Waals surface area contributed by atoms with Crippen molar-refractivity contribution in [3.05, 3.63) is 28.0 Å². The van der Waals surface area contributed by atoms with Gasteiger partial charge in [-0.2, -0.15) is 0 Å². The van der Waals surface area contributed by atoms with E-state index in [0.717, 1.165) is 12.1 Å². The average molecular weight is 251 g/mol. The second kappa shape index (κ2) is 5.19. The first kappa shape index (κ1) is 12.1. The second-order valence-electron chi connectivity index (χ2n) is 2.89. The van der Waals surface area contributed by atoms with E-state index in [2.05, 4.69) is 5.32 Å². The lowest BCUT2D eigenvalue weighted by molar-refractivity contribution is -0.117. The number of hydrogen-bond donors (Lipinski definition) is 2. The monoisotopic (exact) mass is 250 g/mol. The molecule has 6 heteroatoms. The molecule has 3 N–H and O–H groups in total. The quantitative estimate of drug-likeness (QED) is 0.863. The maximum atomic E-state index is 12.8. The summed E-state index contributed by atoms with van der Waals surface area (Å²) in [6.45, 7) is 0.306. The molecule has 0 fully saturated rings. The predicted octanol–water partition coefficient (Wildman–Crippen LogP) is 2.42. The number of carbonyl (C=O) groups is 1. The van der Waals surface area contributed by atoms with E-state index in [4.69, 9.17) is 28.9 Å². The van der Waals surface area contributed by atoms with Crippen LogP contribution in [0, 0.1) is 5.82 Å². The molecule has 1 aromatic carbocycles. The summed E-state index contributed by atoms with van der Waals surface area (Å²) in [7, 11) is 0. The summed E-state index contributed by atoms with van der Waals surface area (Å²) in [6.07, 6.45) is 0.157. The molecule has 0 saturated carbocycles. The lowest BCUT2D eigenvalue weighted by Crippen LogP contribution is -2.16. The number of hydrogen-bond acceptors (Lipinski definition) is 2. The normalized spacial score (nSPS) is 10.1. The smallest absolute Gasteiger partial charge is 0.219 e. The molecule has 1 amide bonds. The van der Waals surface area contributed by atoms with Crippen LogP contribution >= 0.6 is 23.2 Å². The van der Waals surface area contributed by atoms with Crippen LogP contribution in [0.3, 0.4) is 0 Å². The zero-order valence-electron chi connectivity index (χ0n) is 7.69. The van der Waals surface area contributed by atoms with E-state index in [1.54, 1.807) is 0 Å². The van der Waals surface area contributed by atoms with Crippen molar-refractivity contribution in [2.75, 3.05) is 11.9 Å². The van der Waals surface area contributed by atoms with Crippen molar-refractivity contribution in [1.29, 1.82) is 0 Å². The number of benzene rings is 1. The van der Waals surface area contributed by atoms with Gasteiger partial charge in [0.05, 0.1) is 15.7 Å². The maximum absolute atomic E-state index is 12.8. The largest absolute Gasteiger partial charge is 0.382 e. The van der Waals surface area contributed by atoms with Crippen molar-refractivity contribution in [1.82, 2.24) is 0 Å². The molecule has 1 rings (SSSR count). The third kappa shape index (κ3) is 3.57. The molecular weight excluding hydrogens is 242 g/mol. The molecular formula is C9H9Cl2FN2O. The lowest BCUT2D eigenvalue weighted by atomic mass is 10.3. The van der Waals surface area contributed by atoms with Gasteiger partial charge in [0.25, 0.3) is 0 Å². The number of carbonyl (C=O) groups excluding carboxylic acids is 1. The minimum Gasteiger partial charge on any atom is -0.382 e. The van der Waals surface area contributed by atoms with Gasteiger partial charge in [0.2, 0.25) is 5.91 Å². The molecule has 0 aliphatic carbocycles. The molecule has 0 atom stereocenters. The van der Waals surface area contributed by atoms with Crippen molar-refractivity contribution in [2.24, 2.45) is 5.73 Å². The first-order chi connectivity index (χ1) is 7.00. The molecule has 0 saturated heterocycles. The zero-order valence-corrected chi connectivity index (χ0v) is 9.20. The Kier molecular flexibility index (Phi) is 4.17. The number of anilines is 1. The van der Waals surface area contributed by atoms with Gasteiger partial charge in [-0.05, 0) is 12.1 Å². The molecule has 1 aromatic rings. The van der Waals surface area contributed by atoms with Crippen LogP contribution < -0.4 is 11.1 Å². The van der Waals surface area contributed by atoms with Gasteiger partial charge in [0, 0.05) is 13.0 Å². The minimum atomic E-state index is -0.509. The number of rotatable bonds is 4. The third-order valence-electron chi connectivity index (χ3n) is 1.68. The van der Waals surface area contributed by atoms with Gasteiger partial charge < -0.3 is 11.1 Å². The van der Waals surface area contributed by atoms with Crippen LogP contribution in [-0.2, 0) is 4.79 Å². The van der Waals surface area contributed by atoms with E-state index in [0.29, 0.717) is 12.2 Å². The molecule has 3 nitrogen and oxygen atoms in total. The summed E-state index contributed by atoms with van der Waals surface area (Å²) in [5.74, 6) is -0.942. The molecule has 0 bridgehead atoms. The minimum absolute atomic E-state index is 0.157. The molecule has 0 aliphatic rings. The Morgan fingerprint density at radius 3 is 2.40 bits per heavy atom. The molecule has 82 valence electrons. The fourth-order valence-corrected chi connectivity index (χ4v) is 1.62. The average Bonchev–Trinajstić information content (AvgIpc) is 2.08. The van der Waals surface area contributed by atoms with Crippen molar-refractivity contribution in [3.8, 4) is 0 Å². The van der Waals surface area contributed by atoms with E-state index in [-0.39, 0.29) is 16.5 Å². The number of primary amides is 1. The van der Waals surface area contributed by atoms with Crippen molar-refractivity contribution in [2.45, 2.75) is 6.42 Å². The Bertz CT molecular complexity index is 361. The first-order valence-electron chi connectivity index (χ1n) is 4.17. The van der Waals surface area contributed by atoms with Crippen LogP contribution in [0.25, 0.3) is 0 Å². The number of halogens is 3. The summed E-state index contributed by atoms with van der Waals surface area (Å²) in [5.41, 5.74) is 5.36. The summed E-state index contributed by atoms with van der Waals surface area (Å²) < 4.78 is 12.8. The molecule has 0 heterocycles. The molecule has 0 radical (unpaired) electrons. The Morgan fingerprint density at radius 2 is 1.93 bits per heavy atom. The number of nitrogens with one attached hydrogen (secondary N) is 1. The summed E-state index contributed by atoms with van der Waals surface area (Å²) >= 11 is 11.5. The standard InChI is InChI=1S/C9H9Cl2FN2O/c10-6-3-5(12)4-7(11)9(6)14-2-1-8(13)15/h3-4,14H,1-2H2,(H2,13,15). The molecule has 15 heavy (non-hydrogen) atoms. The maximum Gasteiger partial charge on any atom is 0.219 e. The Labute approximate surface area is 96.3 Å². The summed E-state index contributed by atoms with van der Waals surface area (Å²) in [4.78, 5) is 10.5. The van der Waals surface area contributed by atoms with Gasteiger partial charge in [-0.3, -0.25) is 4.79 Å². The van der Waals surface area contributed by atoms with Crippen LogP contribution in [0.5, 0.6) is 0 Å². The third-order valence-corrected chi connectivity index (χ3v) is 2.28. The van der Waals surface area contributed by atoms with Crippen LogP contribution in [-0.4, -0.2) is 12.5 Å². The van der Waals surface area contributed by atoms with E-state index in [1.807, 2.05) is 0 Å². The number of nitrogens with two attached hydrogens (primary N) is 1. The van der Waals surface area contributed by atoms with E-state index in [9.17, 15) is 9.18 Å². The van der Waals surface area contributed by atoms with Crippen LogP contribution in [0.4, 0.5) is 10.1 Å². The molecule has 0 spiro atoms. The topological polar surface area (TPSA) is 55.1 Å². The van der Waals surface area contributed by atoms with Crippen LogP contribution in [0.15, 0.2) is 12.1 Å². The molecule has 0 aliphatic heterocycles. The van der Waals surface area contributed by atoms with Gasteiger partial charge in [-0.1, -0.05) is 23.2 Å². The van der Waals surface area contributed by atoms with E-state index >= 15 is 0 Å². The second-order valence-corrected chi connectivity index (χ2v) is 3.70. The highest BCUT2D eigenvalue weighted by Crippen LogP contribution is 2.31. The number of amides is 1. The van der Waals surface area contributed by atoms with Gasteiger partial charge >= 0.3 is 0 Å². The predicted molar refractivity (Wildman–Crippen MR) is 58.7 cm³/mol. The Hall–Kier alpha value is -1.00. The highest BCUT2D eigenvalue weighted by Gasteiger charge is 2.07. The SMILES string of the molecule is NC(=O)CCNc1c(Cl)cc(F)cc1Cl.